The first-order chi connectivity index (χ1) is 14.4. The van der Waals surface area contributed by atoms with Crippen LogP contribution in [-0.2, 0) is 19.6 Å². The molecule has 0 N–H and O–H groups in total. The molecule has 0 unspecified atom stereocenters. The summed E-state index contributed by atoms with van der Waals surface area (Å²) in [4.78, 5) is 0. The summed E-state index contributed by atoms with van der Waals surface area (Å²) in [7, 11) is -4.15. The average molecular weight is 452 g/mol. The molecule has 0 amide bonds. The standard InChI is InChI=1S/C23H49NO5S/c1-4-7-9-11-13-16-24(17-14-12-10-8-5-2,18-15-23-30(25,26)27)19-20-29-22-21-28-6-3/h4-23H2,1-3H3. The molecule has 0 aliphatic carbocycles. The quantitative estimate of drug-likeness (QED) is 0.127. The molecule has 182 valence electrons. The Morgan fingerprint density at radius 1 is 0.633 bits per heavy atom. The summed E-state index contributed by atoms with van der Waals surface area (Å²) in [5, 5.41) is 0. The fourth-order valence-electron chi connectivity index (χ4n) is 3.97. The Bertz CT molecular complexity index is 456. The van der Waals surface area contributed by atoms with E-state index in [9.17, 15) is 13.0 Å². The molecule has 0 aromatic carbocycles. The zero-order chi connectivity index (χ0) is 22.6. The third kappa shape index (κ3) is 18.6. The maximum absolute atomic E-state index is 11.1. The van der Waals surface area contributed by atoms with E-state index < -0.39 is 10.1 Å². The highest BCUT2D eigenvalue weighted by Crippen LogP contribution is 2.17. The maximum atomic E-state index is 11.1. The maximum Gasteiger partial charge on any atom is 0.102 e. The van der Waals surface area contributed by atoms with Gasteiger partial charge in [-0.2, -0.15) is 0 Å². The lowest BCUT2D eigenvalue weighted by atomic mass is 10.1. The van der Waals surface area contributed by atoms with E-state index in [1.54, 1.807) is 0 Å². The number of hydrogen-bond acceptors (Lipinski definition) is 5. The summed E-state index contributed by atoms with van der Waals surface area (Å²) in [6, 6.07) is 0. The Balaban J connectivity index is 4.86. The first-order valence-electron chi connectivity index (χ1n) is 12.3. The van der Waals surface area contributed by atoms with Gasteiger partial charge in [0.15, 0.2) is 0 Å². The Kier molecular flexibility index (Phi) is 19.3. The summed E-state index contributed by atoms with van der Waals surface area (Å²) in [5.74, 6) is -0.260. The van der Waals surface area contributed by atoms with Crippen LogP contribution in [0.15, 0.2) is 0 Å². The third-order valence-corrected chi connectivity index (χ3v) is 6.57. The molecule has 30 heavy (non-hydrogen) atoms. The Morgan fingerprint density at radius 2 is 1.13 bits per heavy atom. The molecule has 0 heterocycles. The summed E-state index contributed by atoms with van der Waals surface area (Å²) >= 11 is 0. The summed E-state index contributed by atoms with van der Waals surface area (Å²) in [5.41, 5.74) is 0. The van der Waals surface area contributed by atoms with Gasteiger partial charge in [-0.3, -0.25) is 0 Å². The molecule has 6 nitrogen and oxygen atoms in total. The predicted molar refractivity (Wildman–Crippen MR) is 124 cm³/mol. The van der Waals surface area contributed by atoms with Gasteiger partial charge in [0, 0.05) is 18.8 Å². The van der Waals surface area contributed by atoms with Crippen molar-refractivity contribution in [3.63, 3.8) is 0 Å². The van der Waals surface area contributed by atoms with Gasteiger partial charge in [-0.05, 0) is 32.6 Å². The number of quaternary nitrogens is 1. The van der Waals surface area contributed by atoms with Crippen molar-refractivity contribution in [2.75, 3.05) is 58.4 Å². The lowest BCUT2D eigenvalue weighted by Crippen LogP contribution is -2.52. The van der Waals surface area contributed by atoms with E-state index in [4.69, 9.17) is 9.47 Å². The van der Waals surface area contributed by atoms with Crippen LogP contribution >= 0.6 is 0 Å². The van der Waals surface area contributed by atoms with E-state index in [2.05, 4.69) is 13.8 Å². The number of rotatable bonds is 23. The molecule has 0 saturated heterocycles. The van der Waals surface area contributed by atoms with E-state index in [0.29, 0.717) is 32.8 Å². The molecule has 0 atom stereocenters. The van der Waals surface area contributed by atoms with Gasteiger partial charge in [-0.25, -0.2) is 8.42 Å². The van der Waals surface area contributed by atoms with Crippen LogP contribution in [-0.4, -0.2) is 75.8 Å². The van der Waals surface area contributed by atoms with Crippen LogP contribution in [0.4, 0.5) is 0 Å². The normalized spacial score (nSPS) is 12.5. The number of ether oxygens (including phenoxy) is 2. The van der Waals surface area contributed by atoms with Gasteiger partial charge >= 0.3 is 0 Å². The zero-order valence-corrected chi connectivity index (χ0v) is 20.9. The second-order valence-electron chi connectivity index (χ2n) is 8.49. The van der Waals surface area contributed by atoms with Gasteiger partial charge in [0.1, 0.15) is 6.54 Å². The molecule has 0 aromatic rings. The van der Waals surface area contributed by atoms with Gasteiger partial charge < -0.3 is 18.5 Å². The van der Waals surface area contributed by atoms with Gasteiger partial charge in [0.25, 0.3) is 0 Å². The van der Waals surface area contributed by atoms with Crippen LogP contribution in [0, 0.1) is 0 Å². The molecule has 0 rings (SSSR count). The zero-order valence-electron chi connectivity index (χ0n) is 20.0. The smallest absolute Gasteiger partial charge is 0.102 e. The average Bonchev–Trinajstić information content (AvgIpc) is 2.69. The van der Waals surface area contributed by atoms with Crippen LogP contribution in [0.1, 0.15) is 91.4 Å². The van der Waals surface area contributed by atoms with E-state index in [1.807, 2.05) is 6.92 Å². The van der Waals surface area contributed by atoms with Crippen LogP contribution < -0.4 is 0 Å². The Labute approximate surface area is 187 Å². The van der Waals surface area contributed by atoms with Crippen molar-refractivity contribution in [2.45, 2.75) is 91.4 Å². The van der Waals surface area contributed by atoms with E-state index in [0.717, 1.165) is 43.5 Å². The highest BCUT2D eigenvalue weighted by atomic mass is 32.2. The van der Waals surface area contributed by atoms with Crippen LogP contribution in [0.2, 0.25) is 0 Å². The van der Waals surface area contributed by atoms with Gasteiger partial charge in [-0.1, -0.05) is 52.4 Å². The van der Waals surface area contributed by atoms with E-state index in [1.165, 1.54) is 51.4 Å². The molecular weight excluding hydrogens is 402 g/mol. The van der Waals surface area contributed by atoms with Gasteiger partial charge in [0.05, 0.1) is 49.6 Å². The summed E-state index contributed by atoms with van der Waals surface area (Å²) < 4.78 is 45.5. The van der Waals surface area contributed by atoms with Crippen molar-refractivity contribution < 1.29 is 26.9 Å². The van der Waals surface area contributed by atoms with Crippen molar-refractivity contribution in [2.24, 2.45) is 0 Å². The highest BCUT2D eigenvalue weighted by molar-refractivity contribution is 7.85. The summed E-state index contributed by atoms with van der Waals surface area (Å²) in [6.07, 6.45) is 12.7. The minimum atomic E-state index is -4.15. The fraction of sp³-hybridized carbons (Fsp3) is 1.00. The molecule has 0 bridgehead atoms. The van der Waals surface area contributed by atoms with Crippen molar-refractivity contribution in [3.05, 3.63) is 0 Å². The molecule has 7 heteroatoms. The lowest BCUT2D eigenvalue weighted by molar-refractivity contribution is -0.929. The topological polar surface area (TPSA) is 75.7 Å². The molecule has 0 saturated carbocycles. The molecule has 0 spiro atoms. The van der Waals surface area contributed by atoms with Crippen molar-refractivity contribution in [1.82, 2.24) is 0 Å². The van der Waals surface area contributed by atoms with Crippen LogP contribution in [0.25, 0.3) is 0 Å². The monoisotopic (exact) mass is 451 g/mol. The summed E-state index contributed by atoms with van der Waals surface area (Å²) in [6.45, 7) is 12.7. The van der Waals surface area contributed by atoms with E-state index >= 15 is 0 Å². The van der Waals surface area contributed by atoms with Gasteiger partial charge in [0.2, 0.25) is 0 Å². The second kappa shape index (κ2) is 19.5. The second-order valence-corrected chi connectivity index (χ2v) is 10.0. The fourth-order valence-corrected chi connectivity index (χ4v) is 4.45. The van der Waals surface area contributed by atoms with E-state index in [-0.39, 0.29) is 5.75 Å². The lowest BCUT2D eigenvalue weighted by Gasteiger charge is -2.39. The highest BCUT2D eigenvalue weighted by Gasteiger charge is 2.26. The SMILES string of the molecule is CCCCCCC[N+](CCCCCCC)(CCCS(=O)(=O)[O-])CCOCCOCC. The Hall–Kier alpha value is -0.210. The van der Waals surface area contributed by atoms with Crippen molar-refractivity contribution in [1.29, 1.82) is 0 Å². The molecule has 0 aliphatic heterocycles. The minimum absolute atomic E-state index is 0.260. The molecule has 0 fully saturated rings. The van der Waals surface area contributed by atoms with Crippen molar-refractivity contribution >= 4 is 10.1 Å². The number of unbranched alkanes of at least 4 members (excludes halogenated alkanes) is 8. The van der Waals surface area contributed by atoms with Crippen LogP contribution in [0.5, 0.6) is 0 Å². The number of hydrogen-bond donors (Lipinski definition) is 0. The van der Waals surface area contributed by atoms with Crippen LogP contribution in [0.3, 0.4) is 0 Å². The molecule has 0 aromatic heterocycles. The first kappa shape index (κ1) is 29.8. The third-order valence-electron chi connectivity index (χ3n) is 5.78. The predicted octanol–water partition coefficient (Wildman–Crippen LogP) is 4.73. The largest absolute Gasteiger partial charge is 0.748 e. The minimum Gasteiger partial charge on any atom is -0.748 e. The molecule has 0 aliphatic rings. The molecular formula is C23H49NO5S. The number of nitrogens with zero attached hydrogens (tertiary/aromatic N) is 1. The Morgan fingerprint density at radius 3 is 1.63 bits per heavy atom. The van der Waals surface area contributed by atoms with Crippen molar-refractivity contribution in [3.8, 4) is 0 Å². The first-order valence-corrected chi connectivity index (χ1v) is 13.9. The van der Waals surface area contributed by atoms with Gasteiger partial charge in [-0.15, -0.1) is 0 Å². The molecule has 0 radical (unpaired) electrons.